The third kappa shape index (κ3) is 4.15. The Bertz CT molecular complexity index is 198. The van der Waals surface area contributed by atoms with Crippen molar-refractivity contribution in [3.63, 3.8) is 0 Å². The second-order valence-corrected chi connectivity index (χ2v) is 3.80. The molecular formula is C10H21NO4. The van der Waals surface area contributed by atoms with E-state index in [9.17, 15) is 15.0 Å². The molecule has 15 heavy (non-hydrogen) atoms. The van der Waals surface area contributed by atoms with Gasteiger partial charge in [-0.3, -0.25) is 4.79 Å². The van der Waals surface area contributed by atoms with Crippen LogP contribution < -0.4 is 5.73 Å². The number of carbonyl (C=O) groups is 1. The fraction of sp³-hybridized carbons (Fsp3) is 0.900. The number of amides is 1. The summed E-state index contributed by atoms with van der Waals surface area (Å²) in [5.74, 6) is -0.986. The lowest BCUT2D eigenvalue weighted by atomic mass is 9.89. The largest absolute Gasteiger partial charge is 0.394 e. The molecule has 0 fully saturated rings. The van der Waals surface area contributed by atoms with Gasteiger partial charge in [-0.05, 0) is 12.8 Å². The first-order chi connectivity index (χ1) is 6.99. The van der Waals surface area contributed by atoms with E-state index in [0.29, 0.717) is 6.42 Å². The van der Waals surface area contributed by atoms with Gasteiger partial charge in [0.15, 0.2) is 5.60 Å². The van der Waals surface area contributed by atoms with E-state index in [1.54, 1.807) is 0 Å². The van der Waals surface area contributed by atoms with Crippen molar-refractivity contribution in [1.29, 1.82) is 0 Å². The highest BCUT2D eigenvalue weighted by Crippen LogP contribution is 2.19. The summed E-state index contributed by atoms with van der Waals surface area (Å²) in [6.45, 7) is 1.37. The molecule has 0 aromatic carbocycles. The van der Waals surface area contributed by atoms with Crippen LogP contribution in [0.15, 0.2) is 0 Å². The summed E-state index contributed by atoms with van der Waals surface area (Å²) >= 11 is 0. The average Bonchev–Trinajstić information content (AvgIpc) is 2.22. The zero-order valence-corrected chi connectivity index (χ0v) is 9.15. The van der Waals surface area contributed by atoms with E-state index in [1.165, 1.54) is 0 Å². The molecule has 0 aliphatic heterocycles. The van der Waals surface area contributed by atoms with Crippen LogP contribution in [-0.4, -0.2) is 39.5 Å². The standard InChI is InChI=1S/C10H21NO4/c1-2-3-4-5-6-10(15,9(11)14)8(13)7-12/h8,12-13,15H,2-7H2,1H3,(H2,11,14)/t8-,10-/m1/s1. The Balaban J connectivity index is 4.20. The maximum absolute atomic E-state index is 11.0. The van der Waals surface area contributed by atoms with Crippen LogP contribution in [0, 0.1) is 0 Å². The molecule has 0 spiro atoms. The third-order valence-electron chi connectivity index (χ3n) is 2.56. The van der Waals surface area contributed by atoms with Gasteiger partial charge in [0.2, 0.25) is 0 Å². The van der Waals surface area contributed by atoms with Gasteiger partial charge < -0.3 is 21.1 Å². The minimum atomic E-state index is -2.00. The highest BCUT2D eigenvalue weighted by Gasteiger charge is 2.40. The predicted octanol–water partition coefficient (Wildman–Crippen LogP) is -0.474. The zero-order valence-electron chi connectivity index (χ0n) is 9.15. The number of primary amides is 1. The van der Waals surface area contributed by atoms with Gasteiger partial charge in [-0.25, -0.2) is 0 Å². The second-order valence-electron chi connectivity index (χ2n) is 3.80. The van der Waals surface area contributed by atoms with Gasteiger partial charge in [0.1, 0.15) is 6.10 Å². The van der Waals surface area contributed by atoms with Crippen molar-refractivity contribution in [1.82, 2.24) is 0 Å². The lowest BCUT2D eigenvalue weighted by Gasteiger charge is -2.28. The smallest absolute Gasteiger partial charge is 0.252 e. The molecule has 0 aliphatic rings. The van der Waals surface area contributed by atoms with E-state index >= 15 is 0 Å². The van der Waals surface area contributed by atoms with E-state index < -0.39 is 24.2 Å². The van der Waals surface area contributed by atoms with Crippen LogP contribution in [-0.2, 0) is 4.79 Å². The van der Waals surface area contributed by atoms with E-state index in [1.807, 2.05) is 6.92 Å². The molecule has 0 rings (SSSR count). The molecule has 90 valence electrons. The Morgan fingerprint density at radius 3 is 2.40 bits per heavy atom. The van der Waals surface area contributed by atoms with Crippen LogP contribution in [0.4, 0.5) is 0 Å². The predicted molar refractivity (Wildman–Crippen MR) is 56.0 cm³/mol. The Morgan fingerprint density at radius 1 is 1.40 bits per heavy atom. The van der Waals surface area contributed by atoms with Crippen molar-refractivity contribution < 1.29 is 20.1 Å². The summed E-state index contributed by atoms with van der Waals surface area (Å²) in [5.41, 5.74) is 3.00. The highest BCUT2D eigenvalue weighted by molar-refractivity contribution is 5.83. The number of hydrogen-bond acceptors (Lipinski definition) is 4. The van der Waals surface area contributed by atoms with Crippen molar-refractivity contribution in [2.75, 3.05) is 6.61 Å². The molecule has 0 saturated heterocycles. The summed E-state index contributed by atoms with van der Waals surface area (Å²) in [7, 11) is 0. The first-order valence-corrected chi connectivity index (χ1v) is 5.30. The summed E-state index contributed by atoms with van der Waals surface area (Å²) in [6.07, 6.45) is 2.09. The van der Waals surface area contributed by atoms with Gasteiger partial charge in [0, 0.05) is 0 Å². The van der Waals surface area contributed by atoms with Crippen molar-refractivity contribution in [2.24, 2.45) is 5.73 Å². The summed E-state index contributed by atoms with van der Waals surface area (Å²) in [6, 6.07) is 0. The number of nitrogens with two attached hydrogens (primary N) is 1. The molecule has 0 aromatic heterocycles. The van der Waals surface area contributed by atoms with Crippen LogP contribution in [0.1, 0.15) is 39.0 Å². The van der Waals surface area contributed by atoms with Crippen molar-refractivity contribution >= 4 is 5.91 Å². The number of hydrogen-bond donors (Lipinski definition) is 4. The zero-order chi connectivity index (χ0) is 11.9. The first-order valence-electron chi connectivity index (χ1n) is 5.30. The lowest BCUT2D eigenvalue weighted by Crippen LogP contribution is -2.54. The van der Waals surface area contributed by atoms with Crippen LogP contribution >= 0.6 is 0 Å². The van der Waals surface area contributed by atoms with Crippen LogP contribution in [0.2, 0.25) is 0 Å². The van der Waals surface area contributed by atoms with Gasteiger partial charge in [-0.1, -0.05) is 26.2 Å². The molecule has 0 aromatic rings. The minimum Gasteiger partial charge on any atom is -0.394 e. The quantitative estimate of drug-likeness (QED) is 0.414. The first kappa shape index (κ1) is 14.3. The summed E-state index contributed by atoms with van der Waals surface area (Å²) in [5, 5.41) is 27.8. The van der Waals surface area contributed by atoms with Gasteiger partial charge in [-0.15, -0.1) is 0 Å². The van der Waals surface area contributed by atoms with Gasteiger partial charge >= 0.3 is 0 Å². The monoisotopic (exact) mass is 219 g/mol. The topological polar surface area (TPSA) is 104 Å². The maximum atomic E-state index is 11.0. The van der Waals surface area contributed by atoms with Gasteiger partial charge in [-0.2, -0.15) is 0 Å². The molecule has 1 amide bonds. The Morgan fingerprint density at radius 2 is 2.00 bits per heavy atom. The highest BCUT2D eigenvalue weighted by atomic mass is 16.4. The number of unbranched alkanes of at least 4 members (excludes halogenated alkanes) is 3. The van der Waals surface area contributed by atoms with Gasteiger partial charge in [0.25, 0.3) is 5.91 Å². The maximum Gasteiger partial charge on any atom is 0.252 e. The van der Waals surface area contributed by atoms with Crippen molar-refractivity contribution in [3.8, 4) is 0 Å². The molecule has 5 nitrogen and oxygen atoms in total. The second kappa shape index (κ2) is 6.76. The fourth-order valence-corrected chi connectivity index (χ4v) is 1.43. The molecular weight excluding hydrogens is 198 g/mol. The summed E-state index contributed by atoms with van der Waals surface area (Å²) < 4.78 is 0. The Kier molecular flexibility index (Phi) is 6.47. The van der Waals surface area contributed by atoms with Crippen LogP contribution in [0.5, 0.6) is 0 Å². The van der Waals surface area contributed by atoms with Gasteiger partial charge in [0.05, 0.1) is 6.61 Å². The van der Waals surface area contributed by atoms with Crippen LogP contribution in [0.25, 0.3) is 0 Å². The number of aliphatic hydroxyl groups excluding tert-OH is 2. The molecule has 0 bridgehead atoms. The minimum absolute atomic E-state index is 0.0874. The normalized spacial score (nSPS) is 17.1. The number of rotatable bonds is 8. The number of aliphatic hydroxyl groups is 3. The molecule has 5 N–H and O–H groups in total. The molecule has 2 atom stereocenters. The molecule has 0 aliphatic carbocycles. The Hall–Kier alpha value is -0.650. The summed E-state index contributed by atoms with van der Waals surface area (Å²) in [4.78, 5) is 11.0. The van der Waals surface area contributed by atoms with E-state index in [4.69, 9.17) is 10.8 Å². The molecule has 5 heteroatoms. The fourth-order valence-electron chi connectivity index (χ4n) is 1.43. The molecule has 0 unspecified atom stereocenters. The van der Waals surface area contributed by atoms with Crippen molar-refractivity contribution in [2.45, 2.75) is 50.7 Å². The number of carbonyl (C=O) groups excluding carboxylic acids is 1. The third-order valence-corrected chi connectivity index (χ3v) is 2.56. The van der Waals surface area contributed by atoms with E-state index in [-0.39, 0.29) is 6.42 Å². The Labute approximate surface area is 89.9 Å². The molecule has 0 heterocycles. The lowest BCUT2D eigenvalue weighted by molar-refractivity contribution is -0.154. The van der Waals surface area contributed by atoms with E-state index in [0.717, 1.165) is 19.3 Å². The molecule has 0 radical (unpaired) electrons. The van der Waals surface area contributed by atoms with Crippen molar-refractivity contribution in [3.05, 3.63) is 0 Å². The SMILES string of the molecule is CCCCCC[C@](O)(C(N)=O)[C@H](O)CO. The van der Waals surface area contributed by atoms with E-state index in [2.05, 4.69) is 0 Å². The molecule has 0 saturated carbocycles. The van der Waals surface area contributed by atoms with Crippen LogP contribution in [0.3, 0.4) is 0 Å². The average molecular weight is 219 g/mol.